The van der Waals surface area contributed by atoms with Crippen molar-refractivity contribution in [2.24, 2.45) is 16.0 Å². The summed E-state index contributed by atoms with van der Waals surface area (Å²) in [6, 6.07) is 0.0211. The molecule has 0 radical (unpaired) electrons. The second-order valence-corrected chi connectivity index (χ2v) is 3.25. The first kappa shape index (κ1) is 7.64. The fourth-order valence-electron chi connectivity index (χ4n) is 1.77. The molecule has 1 aromatic rings. The fourth-order valence-corrected chi connectivity index (χ4v) is 1.77. The highest BCUT2D eigenvalue weighted by molar-refractivity contribution is 5.48. The Morgan fingerprint density at radius 1 is 1.50 bits per heavy atom. The lowest BCUT2D eigenvalue weighted by atomic mass is 10.0. The van der Waals surface area contributed by atoms with E-state index < -0.39 is 0 Å². The zero-order valence-electron chi connectivity index (χ0n) is 7.46. The molecular formula is C9H9N5. The van der Waals surface area contributed by atoms with Gasteiger partial charge in [-0.2, -0.15) is 10.2 Å². The molecule has 2 aliphatic rings. The molecule has 0 saturated carbocycles. The third-order valence-corrected chi connectivity index (χ3v) is 2.49. The minimum Gasteiger partial charge on any atom is -0.324 e. The van der Waals surface area contributed by atoms with Crippen molar-refractivity contribution in [1.29, 1.82) is 0 Å². The Kier molecular flexibility index (Phi) is 1.43. The molecule has 70 valence electrons. The van der Waals surface area contributed by atoms with E-state index in [9.17, 15) is 0 Å². The van der Waals surface area contributed by atoms with Crippen LogP contribution in [-0.4, -0.2) is 9.55 Å². The van der Waals surface area contributed by atoms with Crippen LogP contribution in [0.2, 0.25) is 0 Å². The molecule has 0 spiro atoms. The van der Waals surface area contributed by atoms with Crippen molar-refractivity contribution in [2.45, 2.75) is 12.6 Å². The molecule has 0 aromatic carbocycles. The third-order valence-electron chi connectivity index (χ3n) is 2.49. The number of hydrogen-bond donors (Lipinski definition) is 1. The molecule has 3 rings (SSSR count). The number of aromatic nitrogens is 2. The molecule has 1 atom stereocenters. The van der Waals surface area contributed by atoms with Gasteiger partial charge in [-0.1, -0.05) is 0 Å². The van der Waals surface area contributed by atoms with E-state index in [1.54, 1.807) is 6.20 Å². The van der Waals surface area contributed by atoms with Crippen molar-refractivity contribution in [3.8, 4) is 0 Å². The summed E-state index contributed by atoms with van der Waals surface area (Å²) in [5, 5.41) is 8.03. The Bertz CT molecular complexity index is 466. The molecular weight excluding hydrogens is 178 g/mol. The van der Waals surface area contributed by atoms with E-state index in [2.05, 4.69) is 15.2 Å². The van der Waals surface area contributed by atoms with Gasteiger partial charge in [0.2, 0.25) is 0 Å². The van der Waals surface area contributed by atoms with Crippen LogP contribution >= 0.6 is 0 Å². The van der Waals surface area contributed by atoms with Gasteiger partial charge in [0.1, 0.15) is 11.9 Å². The Balaban J connectivity index is 2.18. The maximum atomic E-state index is 5.57. The van der Waals surface area contributed by atoms with E-state index >= 15 is 0 Å². The summed E-state index contributed by atoms with van der Waals surface area (Å²) in [4.78, 5) is 4.23. The summed E-state index contributed by atoms with van der Waals surface area (Å²) in [6.07, 6.45) is 7.55. The number of hydrogen-bond acceptors (Lipinski definition) is 4. The van der Waals surface area contributed by atoms with E-state index in [0.717, 1.165) is 17.1 Å². The van der Waals surface area contributed by atoms with Gasteiger partial charge in [0.25, 0.3) is 0 Å². The molecule has 0 aliphatic carbocycles. The lowest BCUT2D eigenvalue weighted by molar-refractivity contribution is 0.760. The molecule has 0 saturated heterocycles. The van der Waals surface area contributed by atoms with Crippen molar-refractivity contribution < 1.29 is 0 Å². The van der Waals surface area contributed by atoms with Gasteiger partial charge in [-0.3, -0.25) is 0 Å². The maximum absolute atomic E-state index is 5.57. The van der Waals surface area contributed by atoms with Crippen molar-refractivity contribution in [1.82, 2.24) is 9.55 Å². The summed E-state index contributed by atoms with van der Waals surface area (Å²) in [5.74, 6) is 0.859. The van der Waals surface area contributed by atoms with Gasteiger partial charge in [-0.15, -0.1) is 0 Å². The second-order valence-electron chi connectivity index (χ2n) is 3.25. The summed E-state index contributed by atoms with van der Waals surface area (Å²) in [5.41, 5.74) is 7.72. The number of nitrogens with two attached hydrogens (primary N) is 1. The zero-order valence-corrected chi connectivity index (χ0v) is 7.46. The normalized spacial score (nSPS) is 22.1. The van der Waals surface area contributed by atoms with Crippen molar-refractivity contribution >= 4 is 6.20 Å². The summed E-state index contributed by atoms with van der Waals surface area (Å²) < 4.78 is 1.98. The average Bonchev–Trinajstić information content (AvgIpc) is 2.82. The van der Waals surface area contributed by atoms with Crippen LogP contribution in [0.25, 0.3) is 6.20 Å². The van der Waals surface area contributed by atoms with Gasteiger partial charge in [-0.05, 0) is 6.08 Å². The number of fused-ring (bicyclic) bond motifs is 3. The Morgan fingerprint density at radius 3 is 3.29 bits per heavy atom. The monoisotopic (exact) mass is 187 g/mol. The average molecular weight is 187 g/mol. The number of rotatable bonds is 1. The van der Waals surface area contributed by atoms with E-state index in [4.69, 9.17) is 5.73 Å². The largest absolute Gasteiger partial charge is 0.324 e. The van der Waals surface area contributed by atoms with E-state index in [1.807, 2.05) is 23.0 Å². The zero-order chi connectivity index (χ0) is 9.54. The topological polar surface area (TPSA) is 68.6 Å². The molecule has 0 bridgehead atoms. The van der Waals surface area contributed by atoms with Crippen LogP contribution in [0.1, 0.15) is 17.6 Å². The van der Waals surface area contributed by atoms with Crippen LogP contribution in [0.15, 0.2) is 34.3 Å². The summed E-state index contributed by atoms with van der Waals surface area (Å²) >= 11 is 0. The van der Waals surface area contributed by atoms with Gasteiger partial charge in [0.15, 0.2) is 0 Å². The molecule has 0 fully saturated rings. The minimum absolute atomic E-state index is 0.0211. The third kappa shape index (κ3) is 0.843. The SMILES string of the molecule is NCc1ncc2n1C=CC1=CN=NC12. The Morgan fingerprint density at radius 2 is 2.43 bits per heavy atom. The molecule has 3 heterocycles. The van der Waals surface area contributed by atoms with Crippen LogP contribution in [-0.2, 0) is 6.54 Å². The molecule has 1 aromatic heterocycles. The van der Waals surface area contributed by atoms with E-state index in [0.29, 0.717) is 6.54 Å². The first-order valence-electron chi connectivity index (χ1n) is 4.44. The maximum Gasteiger partial charge on any atom is 0.140 e. The van der Waals surface area contributed by atoms with Crippen LogP contribution < -0.4 is 5.73 Å². The number of nitrogens with zero attached hydrogens (tertiary/aromatic N) is 4. The molecule has 5 heteroatoms. The van der Waals surface area contributed by atoms with Crippen LogP contribution in [0.4, 0.5) is 0 Å². The molecule has 0 amide bonds. The molecule has 14 heavy (non-hydrogen) atoms. The van der Waals surface area contributed by atoms with Gasteiger partial charge in [0, 0.05) is 11.8 Å². The van der Waals surface area contributed by atoms with E-state index in [1.165, 1.54) is 0 Å². The summed E-state index contributed by atoms with van der Waals surface area (Å²) in [6.45, 7) is 0.438. The van der Waals surface area contributed by atoms with Crippen molar-refractivity contribution in [3.63, 3.8) is 0 Å². The van der Waals surface area contributed by atoms with Crippen molar-refractivity contribution in [3.05, 3.63) is 35.6 Å². The highest BCUT2D eigenvalue weighted by Crippen LogP contribution is 2.35. The van der Waals surface area contributed by atoms with Gasteiger partial charge in [0.05, 0.1) is 24.6 Å². The molecule has 2 N–H and O–H groups in total. The highest BCUT2D eigenvalue weighted by Gasteiger charge is 2.25. The predicted molar refractivity (Wildman–Crippen MR) is 51.1 cm³/mol. The fraction of sp³-hybridized carbons (Fsp3) is 0.222. The minimum atomic E-state index is 0.0211. The molecule has 1 unspecified atom stereocenters. The first-order chi connectivity index (χ1) is 6.90. The lowest BCUT2D eigenvalue weighted by Crippen LogP contribution is -2.11. The molecule has 2 aliphatic heterocycles. The van der Waals surface area contributed by atoms with Gasteiger partial charge < -0.3 is 10.3 Å². The lowest BCUT2D eigenvalue weighted by Gasteiger charge is -2.15. The number of azo groups is 1. The summed E-state index contributed by atoms with van der Waals surface area (Å²) in [7, 11) is 0. The second kappa shape index (κ2) is 2.62. The highest BCUT2D eigenvalue weighted by atomic mass is 15.2. The van der Waals surface area contributed by atoms with Gasteiger partial charge in [-0.25, -0.2) is 4.98 Å². The van der Waals surface area contributed by atoms with Gasteiger partial charge >= 0.3 is 0 Å². The Hall–Kier alpha value is -1.75. The standard InChI is InChI=1S/C9H9N5/c10-3-8-11-5-7-9-6(4-12-13-9)1-2-14(7)8/h1-2,4-5,9H,3,10H2. The van der Waals surface area contributed by atoms with Crippen LogP contribution in [0.3, 0.4) is 0 Å². The van der Waals surface area contributed by atoms with Crippen molar-refractivity contribution in [2.75, 3.05) is 0 Å². The predicted octanol–water partition coefficient (Wildman–Crippen LogP) is 1.22. The first-order valence-corrected chi connectivity index (χ1v) is 4.44. The quantitative estimate of drug-likeness (QED) is 0.718. The van der Waals surface area contributed by atoms with Crippen LogP contribution in [0.5, 0.6) is 0 Å². The molecule has 5 nitrogen and oxygen atoms in total. The smallest absolute Gasteiger partial charge is 0.140 e. The van der Waals surface area contributed by atoms with Crippen LogP contribution in [0, 0.1) is 0 Å². The number of imidazole rings is 1. The Labute approximate surface area is 80.7 Å². The van der Waals surface area contributed by atoms with E-state index in [-0.39, 0.29) is 6.04 Å².